The number of amides is 2. The predicted molar refractivity (Wildman–Crippen MR) is 109 cm³/mol. The molecule has 2 aromatic rings. The molecule has 0 atom stereocenters. The Morgan fingerprint density at radius 1 is 1.14 bits per heavy atom. The van der Waals surface area contributed by atoms with Gasteiger partial charge in [-0.05, 0) is 32.5 Å². The SMILES string of the molecule is CCN(CC(=O)Nc1oc(C)c(C)c1C#N)CC(=O)Nc1c(Cl)cccc1Cl. The number of carbonyl (C=O) groups is 2. The van der Waals surface area contributed by atoms with E-state index in [1.54, 1.807) is 36.9 Å². The normalized spacial score (nSPS) is 10.6. The van der Waals surface area contributed by atoms with Gasteiger partial charge >= 0.3 is 0 Å². The molecule has 2 N–H and O–H groups in total. The Morgan fingerprint density at radius 3 is 2.25 bits per heavy atom. The van der Waals surface area contributed by atoms with Crippen molar-refractivity contribution >= 4 is 46.6 Å². The van der Waals surface area contributed by atoms with Gasteiger partial charge in [0.2, 0.25) is 17.7 Å². The van der Waals surface area contributed by atoms with Crippen molar-refractivity contribution in [3.05, 3.63) is 45.1 Å². The summed E-state index contributed by atoms with van der Waals surface area (Å²) in [7, 11) is 0. The molecule has 0 radical (unpaired) electrons. The van der Waals surface area contributed by atoms with E-state index in [0.717, 1.165) is 0 Å². The quantitative estimate of drug-likeness (QED) is 0.702. The lowest BCUT2D eigenvalue weighted by molar-refractivity contribution is -0.120. The van der Waals surface area contributed by atoms with Crippen molar-refractivity contribution in [2.45, 2.75) is 20.8 Å². The molecular formula is C19H20Cl2N4O3. The molecule has 0 unspecified atom stereocenters. The van der Waals surface area contributed by atoms with E-state index in [-0.39, 0.29) is 24.9 Å². The Kier molecular flexibility index (Phi) is 7.46. The van der Waals surface area contributed by atoms with Crippen LogP contribution in [0.4, 0.5) is 11.6 Å². The molecule has 0 aliphatic rings. The van der Waals surface area contributed by atoms with Crippen LogP contribution in [0, 0.1) is 25.2 Å². The summed E-state index contributed by atoms with van der Waals surface area (Å²) in [4.78, 5) is 26.3. The fraction of sp³-hybridized carbons (Fsp3) is 0.316. The summed E-state index contributed by atoms with van der Waals surface area (Å²) in [5, 5.41) is 15.1. The molecule has 2 rings (SSSR count). The average molecular weight is 423 g/mol. The van der Waals surface area contributed by atoms with Gasteiger partial charge in [-0.25, -0.2) is 0 Å². The van der Waals surface area contributed by atoms with Crippen molar-refractivity contribution in [1.82, 2.24) is 4.90 Å². The van der Waals surface area contributed by atoms with Crippen molar-refractivity contribution in [1.29, 1.82) is 5.26 Å². The molecule has 1 aromatic heterocycles. The van der Waals surface area contributed by atoms with Gasteiger partial charge in [-0.15, -0.1) is 0 Å². The molecule has 28 heavy (non-hydrogen) atoms. The highest BCUT2D eigenvalue weighted by molar-refractivity contribution is 6.39. The number of benzene rings is 1. The number of nitrogens with zero attached hydrogens (tertiary/aromatic N) is 2. The zero-order valence-electron chi connectivity index (χ0n) is 15.7. The topological polar surface area (TPSA) is 98.4 Å². The molecule has 0 aliphatic carbocycles. The molecule has 1 heterocycles. The first-order valence-electron chi connectivity index (χ1n) is 8.52. The van der Waals surface area contributed by atoms with E-state index in [0.29, 0.717) is 39.2 Å². The highest BCUT2D eigenvalue weighted by Gasteiger charge is 2.19. The Morgan fingerprint density at radius 2 is 1.71 bits per heavy atom. The molecular weight excluding hydrogens is 403 g/mol. The van der Waals surface area contributed by atoms with Crippen LogP contribution in [0.1, 0.15) is 23.8 Å². The van der Waals surface area contributed by atoms with Gasteiger partial charge in [-0.1, -0.05) is 36.2 Å². The molecule has 0 aliphatic heterocycles. The number of hydrogen-bond donors (Lipinski definition) is 2. The van der Waals surface area contributed by atoms with Crippen LogP contribution in [0.5, 0.6) is 0 Å². The number of likely N-dealkylation sites (N-methyl/N-ethyl adjacent to an activating group) is 1. The molecule has 7 nitrogen and oxygen atoms in total. The van der Waals surface area contributed by atoms with Gasteiger partial charge in [0.05, 0.1) is 28.8 Å². The van der Waals surface area contributed by atoms with Crippen molar-refractivity contribution < 1.29 is 14.0 Å². The van der Waals surface area contributed by atoms with E-state index in [4.69, 9.17) is 27.6 Å². The van der Waals surface area contributed by atoms with E-state index < -0.39 is 5.91 Å². The summed E-state index contributed by atoms with van der Waals surface area (Å²) in [6, 6.07) is 6.93. The second-order valence-corrected chi connectivity index (χ2v) is 6.91. The molecule has 9 heteroatoms. The Balaban J connectivity index is 1.98. The molecule has 0 saturated heterocycles. The molecule has 0 spiro atoms. The van der Waals surface area contributed by atoms with Gasteiger partial charge in [0, 0.05) is 5.56 Å². The van der Waals surface area contributed by atoms with E-state index in [2.05, 4.69) is 10.6 Å². The number of furan rings is 1. The Bertz CT molecular complexity index is 914. The van der Waals surface area contributed by atoms with Crippen LogP contribution in [0.15, 0.2) is 22.6 Å². The molecule has 0 fully saturated rings. The van der Waals surface area contributed by atoms with Crippen LogP contribution in [-0.2, 0) is 9.59 Å². The number of nitrogens with one attached hydrogen (secondary N) is 2. The zero-order valence-corrected chi connectivity index (χ0v) is 17.2. The lowest BCUT2D eigenvalue weighted by atomic mass is 10.2. The summed E-state index contributed by atoms with van der Waals surface area (Å²) in [6.07, 6.45) is 0. The maximum atomic E-state index is 12.3. The third kappa shape index (κ3) is 5.26. The Labute approximate surface area is 173 Å². The summed E-state index contributed by atoms with van der Waals surface area (Å²) in [5.74, 6) is -0.0659. The van der Waals surface area contributed by atoms with Crippen LogP contribution in [0.25, 0.3) is 0 Å². The first-order valence-corrected chi connectivity index (χ1v) is 9.28. The predicted octanol–water partition coefficient (Wildman–Crippen LogP) is 3.97. The number of aryl methyl sites for hydroxylation is 1. The van der Waals surface area contributed by atoms with Gasteiger partial charge < -0.3 is 9.73 Å². The minimum absolute atomic E-state index is 0.0349. The van der Waals surface area contributed by atoms with Crippen LogP contribution in [0.2, 0.25) is 10.0 Å². The minimum Gasteiger partial charge on any atom is -0.444 e. The second kappa shape index (κ2) is 9.60. The van der Waals surface area contributed by atoms with Crippen LogP contribution in [0.3, 0.4) is 0 Å². The number of para-hydroxylation sites is 1. The molecule has 1 aromatic carbocycles. The van der Waals surface area contributed by atoms with Crippen molar-refractivity contribution in [2.75, 3.05) is 30.3 Å². The standard InChI is InChI=1S/C19H20Cl2N4O3/c1-4-25(9-16(26)23-18-14(20)6-5-7-15(18)21)10-17(27)24-19-13(8-22)11(2)12(3)28-19/h5-7H,4,9-10H2,1-3H3,(H,23,26)(H,24,27). The fourth-order valence-electron chi connectivity index (χ4n) is 2.50. The second-order valence-electron chi connectivity index (χ2n) is 6.10. The third-order valence-corrected chi connectivity index (χ3v) is 4.79. The largest absolute Gasteiger partial charge is 0.444 e. The number of carbonyl (C=O) groups excluding carboxylic acids is 2. The number of anilines is 2. The first kappa shape index (κ1) is 21.8. The van der Waals surface area contributed by atoms with Gasteiger partial charge in [0.25, 0.3) is 0 Å². The van der Waals surface area contributed by atoms with Gasteiger partial charge in [0.15, 0.2) is 0 Å². The summed E-state index contributed by atoms with van der Waals surface area (Å²) < 4.78 is 5.43. The van der Waals surface area contributed by atoms with Gasteiger partial charge in [-0.3, -0.25) is 19.8 Å². The zero-order chi connectivity index (χ0) is 20.8. The minimum atomic E-state index is -0.393. The number of hydrogen-bond acceptors (Lipinski definition) is 5. The van der Waals surface area contributed by atoms with Crippen LogP contribution >= 0.6 is 23.2 Å². The van der Waals surface area contributed by atoms with Crippen molar-refractivity contribution in [3.8, 4) is 6.07 Å². The number of rotatable bonds is 7. The first-order chi connectivity index (χ1) is 13.3. The van der Waals surface area contributed by atoms with Crippen LogP contribution < -0.4 is 10.6 Å². The van der Waals surface area contributed by atoms with Crippen molar-refractivity contribution in [3.63, 3.8) is 0 Å². The van der Waals surface area contributed by atoms with E-state index in [1.165, 1.54) is 0 Å². The summed E-state index contributed by atoms with van der Waals surface area (Å²) >= 11 is 12.1. The summed E-state index contributed by atoms with van der Waals surface area (Å²) in [6.45, 7) is 5.66. The van der Waals surface area contributed by atoms with E-state index in [1.807, 2.05) is 13.0 Å². The van der Waals surface area contributed by atoms with Crippen molar-refractivity contribution in [2.24, 2.45) is 0 Å². The molecule has 0 saturated carbocycles. The lowest BCUT2D eigenvalue weighted by Gasteiger charge is -2.19. The van der Waals surface area contributed by atoms with E-state index in [9.17, 15) is 14.9 Å². The number of halogens is 2. The van der Waals surface area contributed by atoms with Gasteiger partial charge in [-0.2, -0.15) is 5.26 Å². The smallest absolute Gasteiger partial charge is 0.240 e. The van der Waals surface area contributed by atoms with Crippen LogP contribution in [-0.4, -0.2) is 36.3 Å². The van der Waals surface area contributed by atoms with E-state index >= 15 is 0 Å². The average Bonchev–Trinajstić information content (AvgIpc) is 2.90. The highest BCUT2D eigenvalue weighted by atomic mass is 35.5. The maximum Gasteiger partial charge on any atom is 0.240 e. The number of nitriles is 1. The molecule has 148 valence electrons. The molecule has 2 amide bonds. The Hall–Kier alpha value is -2.53. The van der Waals surface area contributed by atoms with Gasteiger partial charge in [0.1, 0.15) is 17.4 Å². The molecule has 0 bridgehead atoms. The highest BCUT2D eigenvalue weighted by Crippen LogP contribution is 2.29. The lowest BCUT2D eigenvalue weighted by Crippen LogP contribution is -2.38. The summed E-state index contributed by atoms with van der Waals surface area (Å²) in [5.41, 5.74) is 1.30. The third-order valence-electron chi connectivity index (χ3n) is 4.16. The fourth-order valence-corrected chi connectivity index (χ4v) is 2.99. The maximum absolute atomic E-state index is 12.3. The monoisotopic (exact) mass is 422 g/mol.